The third-order valence-electron chi connectivity index (χ3n) is 3.96. The normalized spacial score (nSPS) is 10.4. The van der Waals surface area contributed by atoms with Crippen molar-refractivity contribution in [1.82, 2.24) is 10.7 Å². The summed E-state index contributed by atoms with van der Waals surface area (Å²) in [6, 6.07) is 5.83. The number of carbonyl (C=O) groups excluding carboxylic acids is 2. The number of nitrogens with one attached hydrogen (secondary N) is 2. The van der Waals surface area contributed by atoms with Crippen LogP contribution in [0.1, 0.15) is 15.9 Å². The average molecular weight is 447 g/mol. The molecule has 168 valence electrons. The Morgan fingerprint density at radius 1 is 1.09 bits per heavy atom. The molecule has 0 radical (unpaired) electrons. The minimum Gasteiger partial charge on any atom is -0.502 e. The second-order valence-corrected chi connectivity index (χ2v) is 5.96. The van der Waals surface area contributed by atoms with Crippen LogP contribution in [-0.2, 0) is 4.79 Å². The fourth-order valence-electron chi connectivity index (χ4n) is 2.42. The van der Waals surface area contributed by atoms with Gasteiger partial charge in [0.25, 0.3) is 17.5 Å². The van der Waals surface area contributed by atoms with Gasteiger partial charge in [-0.1, -0.05) is 0 Å². The van der Waals surface area contributed by atoms with Gasteiger partial charge in [0.2, 0.25) is 5.75 Å². The van der Waals surface area contributed by atoms with Crippen LogP contribution in [0.2, 0.25) is 0 Å². The summed E-state index contributed by atoms with van der Waals surface area (Å²) in [6.07, 6.45) is 0.795. The van der Waals surface area contributed by atoms with Crippen molar-refractivity contribution in [3.05, 3.63) is 61.7 Å². The van der Waals surface area contributed by atoms with Crippen molar-refractivity contribution in [2.75, 3.05) is 20.8 Å². The molecule has 0 bridgehead atoms. The van der Waals surface area contributed by atoms with Crippen LogP contribution in [0.4, 0.5) is 11.4 Å². The van der Waals surface area contributed by atoms with Gasteiger partial charge in [-0.3, -0.25) is 29.8 Å². The molecule has 0 saturated heterocycles. The monoisotopic (exact) mass is 447 g/mol. The van der Waals surface area contributed by atoms with Crippen LogP contribution < -0.4 is 20.2 Å². The van der Waals surface area contributed by atoms with Crippen molar-refractivity contribution in [1.29, 1.82) is 0 Å². The highest BCUT2D eigenvalue weighted by Gasteiger charge is 2.23. The van der Waals surface area contributed by atoms with E-state index in [1.165, 1.54) is 32.4 Å². The van der Waals surface area contributed by atoms with Gasteiger partial charge in [-0.15, -0.1) is 0 Å². The lowest BCUT2D eigenvalue weighted by molar-refractivity contribution is -0.394. The molecule has 0 atom stereocenters. The van der Waals surface area contributed by atoms with Crippen LogP contribution in [0.25, 0.3) is 0 Å². The number of hydrogen-bond acceptors (Lipinski definition) is 10. The summed E-state index contributed by atoms with van der Waals surface area (Å²) in [5.74, 6) is -1.48. The number of ether oxygens (including phenoxy) is 2. The number of phenolic OH excluding ortho intramolecular Hbond substituents is 1. The maximum atomic E-state index is 12.2. The van der Waals surface area contributed by atoms with Crippen molar-refractivity contribution in [2.24, 2.45) is 5.10 Å². The van der Waals surface area contributed by atoms with Gasteiger partial charge in [-0.25, -0.2) is 5.43 Å². The first-order valence-corrected chi connectivity index (χ1v) is 8.65. The van der Waals surface area contributed by atoms with Gasteiger partial charge in [0, 0.05) is 11.6 Å². The molecule has 0 saturated carbocycles. The number of rotatable bonds is 9. The fourth-order valence-corrected chi connectivity index (χ4v) is 2.42. The minimum absolute atomic E-state index is 0.202. The van der Waals surface area contributed by atoms with Gasteiger partial charge in [0.15, 0.2) is 11.5 Å². The predicted molar refractivity (Wildman–Crippen MR) is 109 cm³/mol. The Bertz CT molecular complexity index is 1100. The Morgan fingerprint density at radius 2 is 1.78 bits per heavy atom. The SMILES string of the molecule is COc1ccc(C(=O)NCC(=O)N/N=C/c2cc([N+](=O)[O-])cc([N+](=O)[O-])c2O)cc1OC. The minimum atomic E-state index is -0.998. The van der Waals surface area contributed by atoms with Gasteiger partial charge in [0.05, 0.1) is 48.5 Å². The molecule has 0 heterocycles. The molecule has 0 unspecified atom stereocenters. The van der Waals surface area contributed by atoms with Gasteiger partial charge in [-0.2, -0.15) is 5.10 Å². The first kappa shape index (κ1) is 23.5. The van der Waals surface area contributed by atoms with E-state index >= 15 is 0 Å². The van der Waals surface area contributed by atoms with Gasteiger partial charge >= 0.3 is 5.69 Å². The maximum absolute atomic E-state index is 12.2. The van der Waals surface area contributed by atoms with E-state index in [4.69, 9.17) is 9.47 Å². The number of methoxy groups -OCH3 is 2. The fraction of sp³-hybridized carbons (Fsp3) is 0.167. The van der Waals surface area contributed by atoms with Crippen molar-refractivity contribution in [2.45, 2.75) is 0 Å². The van der Waals surface area contributed by atoms with Crippen molar-refractivity contribution < 1.29 is 34.0 Å². The number of hydrogen-bond donors (Lipinski definition) is 3. The summed E-state index contributed by atoms with van der Waals surface area (Å²) in [5, 5.41) is 37.5. The highest BCUT2D eigenvalue weighted by atomic mass is 16.6. The number of non-ortho nitro benzene ring substituents is 1. The number of nitro benzene ring substituents is 2. The van der Waals surface area contributed by atoms with Gasteiger partial charge in [0.1, 0.15) is 0 Å². The molecule has 0 aliphatic rings. The Labute approximate surface area is 179 Å². The smallest absolute Gasteiger partial charge is 0.318 e. The van der Waals surface area contributed by atoms with E-state index in [9.17, 15) is 34.9 Å². The topological polar surface area (TPSA) is 196 Å². The molecule has 14 heteroatoms. The summed E-state index contributed by atoms with van der Waals surface area (Å²) in [5.41, 5.74) is 0.322. The van der Waals surface area contributed by atoms with E-state index in [-0.39, 0.29) is 11.1 Å². The van der Waals surface area contributed by atoms with E-state index in [1.54, 1.807) is 0 Å². The zero-order valence-corrected chi connectivity index (χ0v) is 16.7. The molecule has 2 rings (SSSR count). The maximum Gasteiger partial charge on any atom is 0.318 e. The van der Waals surface area contributed by atoms with Crippen molar-refractivity contribution in [3.8, 4) is 17.2 Å². The lowest BCUT2D eigenvalue weighted by atomic mass is 10.1. The average Bonchev–Trinajstić information content (AvgIpc) is 2.77. The number of nitrogens with zero attached hydrogens (tertiary/aromatic N) is 3. The quantitative estimate of drug-likeness (QED) is 0.286. The molecule has 2 aromatic rings. The van der Waals surface area contributed by atoms with Crippen LogP contribution in [-0.4, -0.2) is 53.7 Å². The molecular formula is C18H17N5O9. The standard InChI is InChI=1S/C18H17N5O9/c1-31-14-4-3-10(6-15(14)32-2)18(26)19-9-16(24)21-20-8-11-5-12(22(27)28)7-13(17(11)25)23(29)30/h3-8,25H,9H2,1-2H3,(H,19,26)(H,21,24)/b20-8+. The molecular weight excluding hydrogens is 430 g/mol. The lowest BCUT2D eigenvalue weighted by Gasteiger charge is -2.09. The van der Waals surface area contributed by atoms with Crippen LogP contribution in [0.5, 0.6) is 17.2 Å². The molecule has 3 N–H and O–H groups in total. The van der Waals surface area contributed by atoms with E-state index in [1.807, 2.05) is 5.43 Å². The highest BCUT2D eigenvalue weighted by Crippen LogP contribution is 2.33. The number of phenols is 1. The Hall–Kier alpha value is -4.75. The molecule has 2 aromatic carbocycles. The zero-order valence-electron chi connectivity index (χ0n) is 16.7. The second kappa shape index (κ2) is 10.3. The molecule has 0 aliphatic carbocycles. The molecule has 32 heavy (non-hydrogen) atoms. The summed E-state index contributed by atoms with van der Waals surface area (Å²) in [4.78, 5) is 44.0. The predicted octanol–water partition coefficient (Wildman–Crippen LogP) is 1.11. The molecule has 0 spiro atoms. The van der Waals surface area contributed by atoms with Crippen molar-refractivity contribution in [3.63, 3.8) is 0 Å². The lowest BCUT2D eigenvalue weighted by Crippen LogP contribution is -2.34. The third-order valence-corrected chi connectivity index (χ3v) is 3.96. The van der Waals surface area contributed by atoms with Crippen LogP contribution in [0, 0.1) is 20.2 Å². The summed E-state index contributed by atoms with van der Waals surface area (Å²) in [6.45, 7) is -0.481. The van der Waals surface area contributed by atoms with Crippen LogP contribution >= 0.6 is 0 Å². The Morgan fingerprint density at radius 3 is 2.38 bits per heavy atom. The number of carbonyl (C=O) groups is 2. The number of hydrazone groups is 1. The third kappa shape index (κ3) is 5.65. The van der Waals surface area contributed by atoms with Crippen LogP contribution in [0.3, 0.4) is 0 Å². The Balaban J connectivity index is 2.02. The molecule has 0 aromatic heterocycles. The van der Waals surface area contributed by atoms with E-state index in [0.717, 1.165) is 12.3 Å². The van der Waals surface area contributed by atoms with E-state index in [0.29, 0.717) is 17.6 Å². The number of benzene rings is 2. The summed E-state index contributed by atoms with van der Waals surface area (Å²) < 4.78 is 10.2. The highest BCUT2D eigenvalue weighted by molar-refractivity contribution is 5.97. The number of nitro groups is 2. The Kier molecular flexibility index (Phi) is 7.60. The molecule has 0 fully saturated rings. The van der Waals surface area contributed by atoms with Crippen molar-refractivity contribution >= 4 is 29.4 Å². The number of amides is 2. The zero-order chi connectivity index (χ0) is 23.8. The van der Waals surface area contributed by atoms with Gasteiger partial charge in [-0.05, 0) is 18.2 Å². The molecule has 0 aliphatic heterocycles. The summed E-state index contributed by atoms with van der Waals surface area (Å²) >= 11 is 0. The van der Waals surface area contributed by atoms with Crippen LogP contribution in [0.15, 0.2) is 35.4 Å². The molecule has 14 nitrogen and oxygen atoms in total. The first-order valence-electron chi connectivity index (χ1n) is 8.65. The van der Waals surface area contributed by atoms with E-state index < -0.39 is 45.3 Å². The largest absolute Gasteiger partial charge is 0.502 e. The van der Waals surface area contributed by atoms with E-state index in [2.05, 4.69) is 10.4 Å². The first-order chi connectivity index (χ1) is 15.2. The van der Waals surface area contributed by atoms with Gasteiger partial charge < -0.3 is 19.9 Å². The second-order valence-electron chi connectivity index (χ2n) is 5.96. The number of aromatic hydroxyl groups is 1. The summed E-state index contributed by atoms with van der Waals surface area (Å²) in [7, 11) is 2.84. The molecule has 2 amide bonds.